The molecule has 0 atom stereocenters. The lowest BCUT2D eigenvalue weighted by atomic mass is 9.49. The lowest BCUT2D eigenvalue weighted by Gasteiger charge is -2.56. The normalized spacial score (nSPS) is 29.8. The summed E-state index contributed by atoms with van der Waals surface area (Å²) in [5, 5.41) is 0.931. The summed E-state index contributed by atoms with van der Waals surface area (Å²) in [7, 11) is 0. The van der Waals surface area contributed by atoms with Crippen LogP contribution in [0.25, 0.3) is 10.9 Å². The zero-order valence-corrected chi connectivity index (χ0v) is 17.3. The predicted octanol–water partition coefficient (Wildman–Crippen LogP) is 4.22. The summed E-state index contributed by atoms with van der Waals surface area (Å²) in [6.07, 6.45) is 8.20. The van der Waals surface area contributed by atoms with Crippen molar-refractivity contribution in [2.45, 2.75) is 58.8 Å². The highest BCUT2D eigenvalue weighted by atomic mass is 16.2. The molecule has 2 N–H and O–H groups in total. The molecule has 0 aliphatic heterocycles. The Morgan fingerprint density at radius 1 is 1.00 bits per heavy atom. The van der Waals surface area contributed by atoms with E-state index in [2.05, 4.69) is 15.8 Å². The third kappa shape index (κ3) is 3.52. The molecule has 5 nitrogen and oxygen atoms in total. The number of rotatable bonds is 3. The molecule has 152 valence electrons. The number of aromatic nitrogens is 1. The van der Waals surface area contributed by atoms with Crippen LogP contribution in [0.15, 0.2) is 24.3 Å². The van der Waals surface area contributed by atoms with E-state index < -0.39 is 0 Å². The van der Waals surface area contributed by atoms with Crippen molar-refractivity contribution in [1.29, 1.82) is 0 Å². The van der Waals surface area contributed by atoms with Crippen LogP contribution in [0.5, 0.6) is 0 Å². The van der Waals surface area contributed by atoms with Gasteiger partial charge in [0.2, 0.25) is 5.91 Å². The minimum atomic E-state index is -0.308. The number of pyridine rings is 1. The largest absolute Gasteiger partial charge is 0.273 e. The molecule has 0 unspecified atom stereocenters. The van der Waals surface area contributed by atoms with Crippen molar-refractivity contribution in [2.75, 3.05) is 0 Å². The van der Waals surface area contributed by atoms with Crippen LogP contribution < -0.4 is 10.9 Å². The zero-order valence-electron chi connectivity index (χ0n) is 17.3. The van der Waals surface area contributed by atoms with E-state index in [4.69, 9.17) is 0 Å². The van der Waals surface area contributed by atoms with Gasteiger partial charge in [-0.15, -0.1) is 0 Å². The summed E-state index contributed by atoms with van der Waals surface area (Å²) in [6, 6.07) is 7.85. The number of benzene rings is 1. The molecule has 1 aromatic carbocycles. The highest BCUT2D eigenvalue weighted by Gasteiger charge is 2.51. The average Bonchev–Trinajstić information content (AvgIpc) is 2.64. The zero-order chi connectivity index (χ0) is 20.2. The van der Waals surface area contributed by atoms with E-state index in [1.54, 1.807) is 0 Å². The lowest BCUT2D eigenvalue weighted by molar-refractivity contribution is -0.130. The Bertz CT molecular complexity index is 962. The van der Waals surface area contributed by atoms with E-state index >= 15 is 0 Å². The molecule has 2 amide bonds. The molecule has 1 heterocycles. The first-order valence-electron chi connectivity index (χ1n) is 10.9. The number of nitrogens with zero attached hydrogens (tertiary/aromatic N) is 1. The first kappa shape index (κ1) is 18.6. The molecule has 4 aliphatic carbocycles. The van der Waals surface area contributed by atoms with Crippen LogP contribution in [0.4, 0.5) is 0 Å². The van der Waals surface area contributed by atoms with Gasteiger partial charge in [0.25, 0.3) is 5.91 Å². The molecular weight excluding hydrogens is 362 g/mol. The maximum atomic E-state index is 12.7. The van der Waals surface area contributed by atoms with Crippen molar-refractivity contribution in [3.8, 4) is 0 Å². The highest BCUT2D eigenvalue weighted by molar-refractivity contribution is 5.99. The van der Waals surface area contributed by atoms with E-state index in [0.29, 0.717) is 17.7 Å². The Balaban J connectivity index is 1.24. The van der Waals surface area contributed by atoms with Crippen LogP contribution in [0.2, 0.25) is 0 Å². The Morgan fingerprint density at radius 3 is 2.31 bits per heavy atom. The van der Waals surface area contributed by atoms with Gasteiger partial charge in [0.15, 0.2) is 0 Å². The minimum Gasteiger partial charge on any atom is -0.273 e. The number of fused-ring (bicyclic) bond motifs is 1. The molecule has 4 fully saturated rings. The standard InChI is InChI=1S/C24H29N3O2/c1-14-3-4-21-19(5-14)9-20(15(2)25-21)23(29)27-26-22(28)13-24-10-16-6-17(11-24)8-18(7-16)12-24/h3-5,9,16-18H,6-8,10-13H2,1-2H3,(H,26,28)(H,27,29). The number of amides is 2. The summed E-state index contributed by atoms with van der Waals surface area (Å²) in [5.41, 5.74) is 8.62. The van der Waals surface area contributed by atoms with Crippen molar-refractivity contribution < 1.29 is 9.59 Å². The Morgan fingerprint density at radius 2 is 1.66 bits per heavy atom. The third-order valence-electron chi connectivity index (χ3n) is 7.42. The number of hydrazine groups is 1. The fraction of sp³-hybridized carbons (Fsp3) is 0.542. The molecule has 5 heteroatoms. The second-order valence-corrected chi connectivity index (χ2v) is 9.91. The molecule has 29 heavy (non-hydrogen) atoms. The van der Waals surface area contributed by atoms with Crippen LogP contribution in [-0.2, 0) is 4.79 Å². The van der Waals surface area contributed by atoms with Crippen LogP contribution in [0.1, 0.15) is 66.6 Å². The summed E-state index contributed by atoms with van der Waals surface area (Å²) < 4.78 is 0. The Kier molecular flexibility index (Phi) is 4.37. The maximum absolute atomic E-state index is 12.7. The molecule has 2 aromatic rings. The first-order valence-corrected chi connectivity index (χ1v) is 10.9. The van der Waals surface area contributed by atoms with Gasteiger partial charge in [-0.05, 0) is 93.7 Å². The van der Waals surface area contributed by atoms with Crippen molar-refractivity contribution in [1.82, 2.24) is 15.8 Å². The van der Waals surface area contributed by atoms with Crippen LogP contribution in [0, 0.1) is 37.0 Å². The summed E-state index contributed by atoms with van der Waals surface area (Å²) in [6.45, 7) is 3.84. The SMILES string of the molecule is Cc1ccc2nc(C)c(C(=O)NNC(=O)CC34CC5CC(CC(C5)C3)C4)cc2c1. The molecule has 6 rings (SSSR count). The van der Waals surface area contributed by atoms with E-state index in [-0.39, 0.29) is 17.2 Å². The first-order chi connectivity index (χ1) is 13.9. The van der Waals surface area contributed by atoms with Crippen molar-refractivity contribution in [3.63, 3.8) is 0 Å². The van der Waals surface area contributed by atoms with Crippen molar-refractivity contribution in [3.05, 3.63) is 41.1 Å². The lowest BCUT2D eigenvalue weighted by Crippen LogP contribution is -2.50. The summed E-state index contributed by atoms with van der Waals surface area (Å²) in [5.74, 6) is 2.08. The quantitative estimate of drug-likeness (QED) is 0.770. The number of aryl methyl sites for hydroxylation is 2. The average molecular weight is 392 g/mol. The van der Waals surface area contributed by atoms with Gasteiger partial charge in [-0.25, -0.2) is 0 Å². The molecular formula is C24H29N3O2. The Hall–Kier alpha value is -2.43. The number of carbonyl (C=O) groups excluding carboxylic acids is 2. The second-order valence-electron chi connectivity index (χ2n) is 9.91. The van der Waals surface area contributed by atoms with Crippen molar-refractivity contribution in [2.24, 2.45) is 23.2 Å². The summed E-state index contributed by atoms with van der Waals surface area (Å²) in [4.78, 5) is 29.9. The highest BCUT2D eigenvalue weighted by Crippen LogP contribution is 2.61. The number of hydrogen-bond donors (Lipinski definition) is 2. The maximum Gasteiger partial charge on any atom is 0.271 e. The van der Waals surface area contributed by atoms with Crippen molar-refractivity contribution >= 4 is 22.7 Å². The smallest absolute Gasteiger partial charge is 0.271 e. The fourth-order valence-electron chi connectivity index (χ4n) is 6.71. The van der Waals surface area contributed by atoms with Gasteiger partial charge in [0.05, 0.1) is 16.8 Å². The van der Waals surface area contributed by atoms with Gasteiger partial charge in [0.1, 0.15) is 0 Å². The predicted molar refractivity (Wildman–Crippen MR) is 112 cm³/mol. The van der Waals surface area contributed by atoms with E-state index in [9.17, 15) is 9.59 Å². The number of hydrogen-bond acceptors (Lipinski definition) is 3. The van der Waals surface area contributed by atoms with E-state index in [1.165, 1.54) is 38.5 Å². The minimum absolute atomic E-state index is 0.0671. The summed E-state index contributed by atoms with van der Waals surface area (Å²) >= 11 is 0. The van der Waals surface area contributed by atoms with Gasteiger partial charge >= 0.3 is 0 Å². The van der Waals surface area contributed by atoms with E-state index in [0.717, 1.165) is 34.2 Å². The van der Waals surface area contributed by atoms with Gasteiger partial charge in [-0.2, -0.15) is 0 Å². The number of carbonyl (C=O) groups is 2. The molecule has 4 aliphatic rings. The van der Waals surface area contributed by atoms with Gasteiger partial charge < -0.3 is 0 Å². The van der Waals surface area contributed by atoms with Gasteiger partial charge in [0, 0.05) is 11.8 Å². The Labute approximate surface area is 171 Å². The van der Waals surface area contributed by atoms with Crippen LogP contribution in [0.3, 0.4) is 0 Å². The second kappa shape index (κ2) is 6.82. The molecule has 4 bridgehead atoms. The third-order valence-corrected chi connectivity index (χ3v) is 7.42. The molecule has 0 radical (unpaired) electrons. The molecule has 0 spiro atoms. The van der Waals surface area contributed by atoms with Gasteiger partial charge in [-0.1, -0.05) is 11.6 Å². The fourth-order valence-corrected chi connectivity index (χ4v) is 6.71. The molecule has 1 aromatic heterocycles. The van der Waals surface area contributed by atoms with Gasteiger partial charge in [-0.3, -0.25) is 25.4 Å². The number of nitrogens with one attached hydrogen (secondary N) is 2. The van der Waals surface area contributed by atoms with Crippen LogP contribution in [-0.4, -0.2) is 16.8 Å². The monoisotopic (exact) mass is 391 g/mol. The topological polar surface area (TPSA) is 71.1 Å². The van der Waals surface area contributed by atoms with Crippen LogP contribution >= 0.6 is 0 Å². The van der Waals surface area contributed by atoms with E-state index in [1.807, 2.05) is 38.1 Å². The molecule has 0 saturated heterocycles. The molecule has 4 saturated carbocycles.